The summed E-state index contributed by atoms with van der Waals surface area (Å²) in [6.45, 7) is 4.54. The van der Waals surface area contributed by atoms with E-state index in [-0.39, 0.29) is 23.5 Å². The lowest BCUT2D eigenvalue weighted by atomic mass is 9.96. The smallest absolute Gasteiger partial charge is 0.416 e. The molecule has 0 unspecified atom stereocenters. The van der Waals surface area contributed by atoms with E-state index in [1.54, 1.807) is 20.8 Å². The third kappa shape index (κ3) is 4.22. The van der Waals surface area contributed by atoms with Gasteiger partial charge in [0.2, 0.25) is 5.91 Å². The first-order valence-corrected chi connectivity index (χ1v) is 7.67. The zero-order valence-corrected chi connectivity index (χ0v) is 14.4. The number of carbonyl (C=O) groups is 2. The molecule has 1 aromatic heterocycles. The molecule has 2 N–H and O–H groups in total. The van der Waals surface area contributed by atoms with Crippen molar-refractivity contribution in [2.75, 3.05) is 5.32 Å². The number of benzene rings is 1. The van der Waals surface area contributed by atoms with Crippen LogP contribution in [-0.2, 0) is 17.5 Å². The van der Waals surface area contributed by atoms with Gasteiger partial charge in [0, 0.05) is 5.41 Å². The number of carbonyl (C=O) groups excluding carboxylic acids is 1. The first-order chi connectivity index (χ1) is 11.9. The maximum absolute atomic E-state index is 13.2. The lowest BCUT2D eigenvalue weighted by Gasteiger charge is -2.19. The molecule has 0 aliphatic carbocycles. The number of hydrogen-bond acceptors (Lipinski definition) is 3. The maximum atomic E-state index is 13.2. The molecule has 0 aliphatic heterocycles. The van der Waals surface area contributed by atoms with E-state index >= 15 is 0 Å². The van der Waals surface area contributed by atoms with Gasteiger partial charge < -0.3 is 10.4 Å². The van der Waals surface area contributed by atoms with Crippen molar-refractivity contribution in [3.63, 3.8) is 0 Å². The summed E-state index contributed by atoms with van der Waals surface area (Å²) in [5.74, 6) is -1.98. The molecule has 0 spiro atoms. The van der Waals surface area contributed by atoms with Crippen molar-refractivity contribution in [3.05, 3.63) is 47.2 Å². The van der Waals surface area contributed by atoms with E-state index in [2.05, 4.69) is 10.4 Å². The van der Waals surface area contributed by atoms with E-state index in [9.17, 15) is 27.9 Å². The monoisotopic (exact) mass is 369 g/mol. The summed E-state index contributed by atoms with van der Waals surface area (Å²) < 4.78 is 40.5. The highest BCUT2D eigenvalue weighted by atomic mass is 19.4. The highest BCUT2D eigenvalue weighted by Crippen LogP contribution is 2.32. The molecule has 2 rings (SSSR count). The van der Waals surface area contributed by atoms with Gasteiger partial charge in [-0.05, 0) is 11.6 Å². The number of rotatable bonds is 4. The predicted molar refractivity (Wildman–Crippen MR) is 87.8 cm³/mol. The molecule has 6 nitrogen and oxygen atoms in total. The van der Waals surface area contributed by atoms with Crippen molar-refractivity contribution in [2.24, 2.45) is 5.41 Å². The van der Waals surface area contributed by atoms with Gasteiger partial charge in [0.05, 0.1) is 18.3 Å². The summed E-state index contributed by atoms with van der Waals surface area (Å²) in [6, 6.07) is 4.92. The SMILES string of the molecule is CC(C)(C)C(=O)Nc1c(C(=O)O)cnn1Cc1ccccc1C(F)(F)F. The van der Waals surface area contributed by atoms with Crippen LogP contribution in [0.3, 0.4) is 0 Å². The number of alkyl halides is 3. The molecule has 0 atom stereocenters. The van der Waals surface area contributed by atoms with E-state index < -0.39 is 29.0 Å². The van der Waals surface area contributed by atoms with Gasteiger partial charge in [0.15, 0.2) is 0 Å². The molecule has 0 saturated carbocycles. The minimum Gasteiger partial charge on any atom is -0.477 e. The molecule has 0 aliphatic rings. The summed E-state index contributed by atoms with van der Waals surface area (Å²) in [5.41, 5.74) is -2.06. The molecule has 2 aromatic rings. The van der Waals surface area contributed by atoms with Crippen LogP contribution in [0.2, 0.25) is 0 Å². The van der Waals surface area contributed by atoms with Gasteiger partial charge in [-0.3, -0.25) is 4.79 Å². The Morgan fingerprint density at radius 2 is 1.81 bits per heavy atom. The van der Waals surface area contributed by atoms with E-state index in [0.29, 0.717) is 0 Å². The molecule has 0 saturated heterocycles. The Balaban J connectivity index is 2.46. The van der Waals surface area contributed by atoms with Crippen molar-refractivity contribution in [3.8, 4) is 0 Å². The van der Waals surface area contributed by atoms with Crippen LogP contribution >= 0.6 is 0 Å². The number of aromatic nitrogens is 2. The summed E-state index contributed by atoms with van der Waals surface area (Å²) in [4.78, 5) is 23.6. The van der Waals surface area contributed by atoms with Gasteiger partial charge in [-0.25, -0.2) is 9.48 Å². The van der Waals surface area contributed by atoms with Gasteiger partial charge in [0.25, 0.3) is 0 Å². The largest absolute Gasteiger partial charge is 0.477 e. The number of amides is 1. The molecule has 1 heterocycles. The summed E-state index contributed by atoms with van der Waals surface area (Å²) in [5, 5.41) is 15.6. The lowest BCUT2D eigenvalue weighted by Crippen LogP contribution is -2.29. The number of carboxylic acids is 1. The van der Waals surface area contributed by atoms with Crippen molar-refractivity contribution < 1.29 is 27.9 Å². The van der Waals surface area contributed by atoms with Crippen LogP contribution in [0, 0.1) is 5.41 Å². The Morgan fingerprint density at radius 3 is 2.35 bits per heavy atom. The minimum atomic E-state index is -4.56. The molecule has 0 radical (unpaired) electrons. The molecular weight excluding hydrogens is 351 g/mol. The Kier molecular flexibility index (Phi) is 5.11. The Labute approximate surface area is 147 Å². The van der Waals surface area contributed by atoms with Crippen molar-refractivity contribution >= 4 is 17.7 Å². The van der Waals surface area contributed by atoms with Crippen LogP contribution in [0.5, 0.6) is 0 Å². The van der Waals surface area contributed by atoms with Crippen molar-refractivity contribution in [1.29, 1.82) is 0 Å². The van der Waals surface area contributed by atoms with Crippen molar-refractivity contribution in [1.82, 2.24) is 9.78 Å². The zero-order valence-electron chi connectivity index (χ0n) is 14.4. The normalized spacial score (nSPS) is 12.1. The molecule has 1 aromatic carbocycles. The fourth-order valence-corrected chi connectivity index (χ4v) is 2.18. The van der Waals surface area contributed by atoms with Crippen LogP contribution in [0.1, 0.15) is 42.3 Å². The van der Waals surface area contributed by atoms with Crippen LogP contribution < -0.4 is 5.32 Å². The first kappa shape index (κ1) is 19.5. The van der Waals surface area contributed by atoms with Gasteiger partial charge in [-0.1, -0.05) is 39.0 Å². The number of carboxylic acid groups (broad SMARTS) is 1. The van der Waals surface area contributed by atoms with Crippen LogP contribution in [-0.4, -0.2) is 26.8 Å². The third-order valence-electron chi connectivity index (χ3n) is 3.63. The molecule has 0 fully saturated rings. The molecule has 9 heteroatoms. The highest BCUT2D eigenvalue weighted by Gasteiger charge is 2.33. The Morgan fingerprint density at radius 1 is 1.19 bits per heavy atom. The number of hydrogen-bond donors (Lipinski definition) is 2. The average molecular weight is 369 g/mol. The van der Waals surface area contributed by atoms with Crippen LogP contribution in [0.15, 0.2) is 30.5 Å². The topological polar surface area (TPSA) is 84.2 Å². The quantitative estimate of drug-likeness (QED) is 0.862. The predicted octanol–water partition coefficient (Wildman–Crippen LogP) is 3.63. The number of aromatic carboxylic acids is 1. The Hall–Kier alpha value is -2.84. The third-order valence-corrected chi connectivity index (χ3v) is 3.63. The summed E-state index contributed by atoms with van der Waals surface area (Å²) >= 11 is 0. The second-order valence-corrected chi connectivity index (χ2v) is 6.73. The van der Waals surface area contributed by atoms with E-state index in [4.69, 9.17) is 0 Å². The number of nitrogens with zero attached hydrogens (tertiary/aromatic N) is 2. The fraction of sp³-hybridized carbons (Fsp3) is 0.353. The lowest BCUT2D eigenvalue weighted by molar-refractivity contribution is -0.138. The van der Waals surface area contributed by atoms with Gasteiger partial charge >= 0.3 is 12.1 Å². The average Bonchev–Trinajstić information content (AvgIpc) is 2.88. The van der Waals surface area contributed by atoms with Gasteiger partial charge in [-0.2, -0.15) is 18.3 Å². The highest BCUT2D eigenvalue weighted by molar-refractivity contribution is 6.00. The molecule has 26 heavy (non-hydrogen) atoms. The van der Waals surface area contributed by atoms with E-state index in [1.807, 2.05) is 0 Å². The number of anilines is 1. The fourth-order valence-electron chi connectivity index (χ4n) is 2.18. The first-order valence-electron chi connectivity index (χ1n) is 7.67. The molecule has 0 bridgehead atoms. The molecule has 1 amide bonds. The van der Waals surface area contributed by atoms with Crippen LogP contribution in [0.25, 0.3) is 0 Å². The van der Waals surface area contributed by atoms with Gasteiger partial charge in [0.1, 0.15) is 11.4 Å². The second kappa shape index (κ2) is 6.81. The molecule has 140 valence electrons. The maximum Gasteiger partial charge on any atom is 0.416 e. The number of halogens is 3. The Bertz CT molecular complexity index is 836. The van der Waals surface area contributed by atoms with Crippen LogP contribution in [0.4, 0.5) is 19.0 Å². The standard InChI is InChI=1S/C17H18F3N3O3/c1-16(2,3)15(26)22-13-11(14(24)25)8-21-23(13)9-10-6-4-5-7-12(10)17(18,19)20/h4-8H,9H2,1-3H3,(H,22,26)(H,24,25). The minimum absolute atomic E-state index is 0.0914. The van der Waals surface area contributed by atoms with Crippen molar-refractivity contribution in [2.45, 2.75) is 33.5 Å². The summed E-state index contributed by atoms with van der Waals surface area (Å²) in [6.07, 6.45) is -3.56. The molecular formula is C17H18F3N3O3. The van der Waals surface area contributed by atoms with E-state index in [0.717, 1.165) is 16.9 Å². The number of nitrogens with one attached hydrogen (secondary N) is 1. The second-order valence-electron chi connectivity index (χ2n) is 6.73. The van der Waals surface area contributed by atoms with E-state index in [1.165, 1.54) is 18.2 Å². The zero-order chi connectivity index (χ0) is 19.7. The summed E-state index contributed by atoms with van der Waals surface area (Å²) in [7, 11) is 0. The van der Waals surface area contributed by atoms with Gasteiger partial charge in [-0.15, -0.1) is 0 Å².